The summed E-state index contributed by atoms with van der Waals surface area (Å²) in [7, 11) is 1.57. The number of nitrogens with zero attached hydrogens (tertiary/aromatic N) is 2. The third-order valence-corrected chi connectivity index (χ3v) is 4.96. The molecular weight excluding hydrogens is 366 g/mol. The van der Waals surface area contributed by atoms with E-state index in [4.69, 9.17) is 9.26 Å². The van der Waals surface area contributed by atoms with Crippen molar-refractivity contribution in [3.8, 4) is 17.4 Å². The molecule has 1 amide bonds. The number of anilines is 1. The lowest BCUT2D eigenvalue weighted by atomic mass is 10.2. The summed E-state index contributed by atoms with van der Waals surface area (Å²) in [6.45, 7) is 3.67. The van der Waals surface area contributed by atoms with Gasteiger partial charge in [0.2, 0.25) is 11.6 Å². The monoisotopic (exact) mass is 385 g/mol. The lowest BCUT2D eigenvalue weighted by Gasteiger charge is -2.10. The molecule has 0 spiro atoms. The fourth-order valence-electron chi connectivity index (χ4n) is 2.41. The normalized spacial score (nSPS) is 11.8. The van der Waals surface area contributed by atoms with Gasteiger partial charge in [0, 0.05) is 17.8 Å². The molecule has 2 aromatic carbocycles. The van der Waals surface area contributed by atoms with Crippen molar-refractivity contribution < 1.29 is 23.8 Å². The van der Waals surface area contributed by atoms with E-state index in [0.717, 1.165) is 17.3 Å². The molecule has 27 heavy (non-hydrogen) atoms. The van der Waals surface area contributed by atoms with Crippen LogP contribution in [0.2, 0.25) is 0 Å². The van der Waals surface area contributed by atoms with E-state index in [9.17, 15) is 9.90 Å². The van der Waals surface area contributed by atoms with Crippen LogP contribution in [0.15, 0.2) is 58.1 Å². The van der Waals surface area contributed by atoms with Gasteiger partial charge in [0.05, 0.1) is 17.6 Å². The number of nitrogens with one attached hydrogen (secondary N) is 1. The molecule has 1 aromatic heterocycles. The maximum absolute atomic E-state index is 12.5. The number of carbonyl (C=O) groups excluding carboxylic acids is 1. The van der Waals surface area contributed by atoms with Crippen LogP contribution in [-0.4, -0.2) is 23.5 Å². The molecule has 0 aliphatic carbocycles. The molecule has 3 rings (SSSR count). The third kappa shape index (κ3) is 4.40. The van der Waals surface area contributed by atoms with Crippen LogP contribution in [0.25, 0.3) is 5.69 Å². The van der Waals surface area contributed by atoms with Crippen molar-refractivity contribution in [1.82, 2.24) is 5.27 Å². The first-order valence-corrected chi connectivity index (χ1v) is 9.13. The Morgan fingerprint density at radius 2 is 2.04 bits per heavy atom. The quantitative estimate of drug-likeness (QED) is 0.518. The molecule has 0 aliphatic heterocycles. The lowest BCUT2D eigenvalue weighted by Crippen LogP contribution is -2.36. The number of aromatic nitrogens is 2. The third-order valence-electron chi connectivity index (χ3n) is 3.83. The fourth-order valence-corrected chi connectivity index (χ4v) is 3.29. The molecule has 1 atom stereocenters. The number of methoxy groups -OCH3 is 1. The van der Waals surface area contributed by atoms with Crippen molar-refractivity contribution in [3.63, 3.8) is 0 Å². The maximum atomic E-state index is 12.5. The minimum atomic E-state index is -0.592. The van der Waals surface area contributed by atoms with Crippen LogP contribution in [0.1, 0.15) is 12.5 Å². The summed E-state index contributed by atoms with van der Waals surface area (Å²) in [5, 5.41) is 18.4. The second-order valence-electron chi connectivity index (χ2n) is 5.89. The van der Waals surface area contributed by atoms with Crippen LogP contribution in [0.3, 0.4) is 0 Å². The number of amides is 1. The zero-order valence-corrected chi connectivity index (χ0v) is 15.9. The van der Waals surface area contributed by atoms with E-state index >= 15 is 0 Å². The standard InChI is InChI=1S/C19H19N3O4S/c1-12-5-4-6-14(11-12)20-17(23)13(2)27-18-19(24)26-21-22(18)15-7-9-16(25-3)10-8-15/h4-11,13H,1-3H3,(H-,20,21,23,24). The highest BCUT2D eigenvalue weighted by atomic mass is 32.2. The first-order valence-electron chi connectivity index (χ1n) is 8.25. The SMILES string of the molecule is COc1ccc(-[n+]2noc([O-])c2SC(C)C(=O)Nc2cccc(C)c2)cc1. The number of benzene rings is 2. The highest BCUT2D eigenvalue weighted by Gasteiger charge is 2.26. The van der Waals surface area contributed by atoms with Crippen LogP contribution in [0.5, 0.6) is 11.7 Å². The second kappa shape index (κ2) is 8.13. The molecule has 1 N–H and O–H groups in total. The lowest BCUT2D eigenvalue weighted by molar-refractivity contribution is -0.705. The van der Waals surface area contributed by atoms with E-state index in [1.54, 1.807) is 38.3 Å². The second-order valence-corrected chi connectivity index (χ2v) is 7.22. The average molecular weight is 385 g/mol. The smallest absolute Gasteiger partial charge is 0.298 e. The predicted molar refractivity (Wildman–Crippen MR) is 99.2 cm³/mol. The van der Waals surface area contributed by atoms with Crippen molar-refractivity contribution in [2.75, 3.05) is 12.4 Å². The Morgan fingerprint density at radius 3 is 2.70 bits per heavy atom. The van der Waals surface area contributed by atoms with E-state index in [0.29, 0.717) is 17.1 Å². The topological polar surface area (TPSA) is 91.3 Å². The minimum Gasteiger partial charge on any atom is -0.538 e. The van der Waals surface area contributed by atoms with Gasteiger partial charge in [0.1, 0.15) is 5.75 Å². The molecule has 0 saturated heterocycles. The van der Waals surface area contributed by atoms with E-state index in [1.165, 1.54) is 4.68 Å². The minimum absolute atomic E-state index is 0.215. The van der Waals surface area contributed by atoms with Gasteiger partial charge in [0.25, 0.3) is 5.03 Å². The molecular formula is C19H19N3O4S. The van der Waals surface area contributed by atoms with Gasteiger partial charge >= 0.3 is 0 Å². The number of hydrogen-bond donors (Lipinski definition) is 1. The van der Waals surface area contributed by atoms with Gasteiger partial charge in [0.15, 0.2) is 5.95 Å². The zero-order chi connectivity index (χ0) is 19.4. The number of hydrogen-bond acceptors (Lipinski definition) is 6. The largest absolute Gasteiger partial charge is 0.538 e. The number of carbonyl (C=O) groups is 1. The summed E-state index contributed by atoms with van der Waals surface area (Å²) in [4.78, 5) is 12.5. The number of aryl methyl sites for hydroxylation is 1. The van der Waals surface area contributed by atoms with Crippen LogP contribution in [-0.2, 0) is 4.79 Å². The van der Waals surface area contributed by atoms with Gasteiger partial charge in [-0.05, 0) is 60.1 Å². The Morgan fingerprint density at radius 1 is 1.30 bits per heavy atom. The van der Waals surface area contributed by atoms with Crippen molar-refractivity contribution in [2.24, 2.45) is 0 Å². The first kappa shape index (κ1) is 18.8. The van der Waals surface area contributed by atoms with Gasteiger partial charge in [-0.25, -0.2) is 0 Å². The molecule has 3 aromatic rings. The van der Waals surface area contributed by atoms with Crippen molar-refractivity contribution in [1.29, 1.82) is 0 Å². The molecule has 8 heteroatoms. The summed E-state index contributed by atoms with van der Waals surface area (Å²) in [5.74, 6) is -0.121. The molecule has 0 radical (unpaired) electrons. The summed E-state index contributed by atoms with van der Waals surface area (Å²) < 4.78 is 11.3. The van der Waals surface area contributed by atoms with E-state index in [2.05, 4.69) is 10.6 Å². The highest BCUT2D eigenvalue weighted by Crippen LogP contribution is 2.28. The predicted octanol–water partition coefficient (Wildman–Crippen LogP) is 2.46. The fraction of sp³-hybridized carbons (Fsp3) is 0.211. The molecule has 7 nitrogen and oxygen atoms in total. The summed E-state index contributed by atoms with van der Waals surface area (Å²) in [6, 6.07) is 14.5. The number of ether oxygens (including phenoxy) is 1. The maximum Gasteiger partial charge on any atom is 0.298 e. The molecule has 0 saturated carbocycles. The van der Waals surface area contributed by atoms with Crippen molar-refractivity contribution >= 4 is 23.4 Å². The Balaban J connectivity index is 1.76. The first-order chi connectivity index (χ1) is 13.0. The van der Waals surface area contributed by atoms with Gasteiger partial charge < -0.3 is 19.7 Å². The van der Waals surface area contributed by atoms with Gasteiger partial charge in [-0.15, -0.1) is 0 Å². The highest BCUT2D eigenvalue weighted by molar-refractivity contribution is 8.00. The van der Waals surface area contributed by atoms with Crippen LogP contribution in [0.4, 0.5) is 5.69 Å². The summed E-state index contributed by atoms with van der Waals surface area (Å²) in [5.41, 5.74) is 2.39. The van der Waals surface area contributed by atoms with E-state index < -0.39 is 11.2 Å². The molecule has 0 fully saturated rings. The zero-order valence-electron chi connectivity index (χ0n) is 15.1. The Bertz CT molecular complexity index is 940. The number of rotatable bonds is 6. The van der Waals surface area contributed by atoms with Crippen LogP contribution < -0.4 is 19.8 Å². The number of thioether (sulfide) groups is 1. The van der Waals surface area contributed by atoms with E-state index in [-0.39, 0.29) is 10.9 Å². The van der Waals surface area contributed by atoms with Gasteiger partial charge in [-0.3, -0.25) is 4.79 Å². The van der Waals surface area contributed by atoms with Crippen LogP contribution in [0, 0.1) is 6.92 Å². The van der Waals surface area contributed by atoms with Crippen molar-refractivity contribution in [3.05, 3.63) is 54.1 Å². The van der Waals surface area contributed by atoms with Crippen LogP contribution >= 0.6 is 11.8 Å². The van der Waals surface area contributed by atoms with E-state index in [1.807, 2.05) is 31.2 Å². The average Bonchev–Trinajstić information content (AvgIpc) is 3.02. The molecule has 0 aliphatic rings. The Labute approximate surface area is 160 Å². The molecule has 1 heterocycles. The summed E-state index contributed by atoms with van der Waals surface area (Å²) in [6.07, 6.45) is 0. The molecule has 0 bridgehead atoms. The van der Waals surface area contributed by atoms with Gasteiger partial charge in [-0.1, -0.05) is 12.1 Å². The molecule has 140 valence electrons. The van der Waals surface area contributed by atoms with Crippen molar-refractivity contribution in [2.45, 2.75) is 24.1 Å². The molecule has 1 unspecified atom stereocenters. The van der Waals surface area contributed by atoms with Gasteiger partial charge in [-0.2, -0.15) is 0 Å². The Kier molecular flexibility index (Phi) is 5.66. The summed E-state index contributed by atoms with van der Waals surface area (Å²) >= 11 is 1.09. The Hall–Kier alpha value is -3.00.